The third-order valence-corrected chi connectivity index (χ3v) is 7.62. The molecule has 1 unspecified atom stereocenters. The molecule has 3 aliphatic rings. The van der Waals surface area contributed by atoms with Crippen molar-refractivity contribution in [3.63, 3.8) is 0 Å². The maximum Gasteiger partial charge on any atom is 0.338 e. The minimum atomic E-state index is -0.209. The van der Waals surface area contributed by atoms with Gasteiger partial charge in [0, 0.05) is 0 Å². The van der Waals surface area contributed by atoms with Crippen molar-refractivity contribution in [3.05, 3.63) is 29.8 Å². The number of rotatable bonds is 4. The van der Waals surface area contributed by atoms with Crippen LogP contribution in [0.2, 0.25) is 0 Å². The first-order valence-corrected chi connectivity index (χ1v) is 10.1. The average molecular weight is 357 g/mol. The molecule has 0 amide bonds. The Kier molecular flexibility index (Phi) is 4.32. The Balaban J connectivity index is 1.41. The summed E-state index contributed by atoms with van der Waals surface area (Å²) in [7, 11) is 1.63. The van der Waals surface area contributed by atoms with E-state index in [-0.39, 0.29) is 5.97 Å². The number of hydrogen-bond acceptors (Lipinski definition) is 3. The van der Waals surface area contributed by atoms with E-state index in [1.807, 2.05) is 12.1 Å². The van der Waals surface area contributed by atoms with E-state index in [0.717, 1.165) is 17.6 Å². The van der Waals surface area contributed by atoms with Crippen molar-refractivity contribution in [3.8, 4) is 5.75 Å². The Morgan fingerprint density at radius 3 is 2.50 bits per heavy atom. The van der Waals surface area contributed by atoms with Crippen LogP contribution in [0.25, 0.3) is 0 Å². The SMILES string of the molecule is COc1ccc(C(=O)OC[C@@H]2CC[C@@H]3[C@@H]2CC(C)(C)CC2C[C@]23C)cc1. The molecular weight excluding hydrogens is 324 g/mol. The van der Waals surface area contributed by atoms with Gasteiger partial charge in [0.05, 0.1) is 19.3 Å². The Morgan fingerprint density at radius 2 is 1.81 bits per heavy atom. The van der Waals surface area contributed by atoms with Crippen LogP contribution in [0.15, 0.2) is 24.3 Å². The molecule has 0 heterocycles. The van der Waals surface area contributed by atoms with E-state index >= 15 is 0 Å². The van der Waals surface area contributed by atoms with Crippen LogP contribution in [0.1, 0.15) is 63.2 Å². The average Bonchev–Trinajstić information content (AvgIpc) is 3.09. The van der Waals surface area contributed by atoms with Gasteiger partial charge in [-0.05, 0) is 90.9 Å². The molecular formula is C23H32O3. The topological polar surface area (TPSA) is 35.5 Å². The van der Waals surface area contributed by atoms with E-state index in [1.54, 1.807) is 19.2 Å². The van der Waals surface area contributed by atoms with E-state index in [0.29, 0.717) is 34.8 Å². The van der Waals surface area contributed by atoms with E-state index < -0.39 is 0 Å². The Hall–Kier alpha value is -1.51. The van der Waals surface area contributed by atoms with Gasteiger partial charge in [-0.3, -0.25) is 0 Å². The summed E-state index contributed by atoms with van der Waals surface area (Å²) in [5.41, 5.74) is 1.59. The molecule has 0 aromatic heterocycles. The molecule has 0 spiro atoms. The van der Waals surface area contributed by atoms with Gasteiger partial charge in [-0.1, -0.05) is 20.8 Å². The lowest BCUT2D eigenvalue weighted by atomic mass is 9.73. The molecule has 1 aromatic rings. The molecule has 3 saturated carbocycles. The summed E-state index contributed by atoms with van der Waals surface area (Å²) in [5.74, 6) is 3.54. The Morgan fingerprint density at radius 1 is 1.08 bits per heavy atom. The summed E-state index contributed by atoms with van der Waals surface area (Å²) < 4.78 is 10.9. The smallest absolute Gasteiger partial charge is 0.338 e. The fraction of sp³-hybridized carbons (Fsp3) is 0.696. The number of hydrogen-bond donors (Lipinski definition) is 0. The van der Waals surface area contributed by atoms with Gasteiger partial charge in [0.2, 0.25) is 0 Å². The molecule has 0 bridgehead atoms. The second kappa shape index (κ2) is 6.28. The van der Waals surface area contributed by atoms with Crippen LogP contribution in [0.4, 0.5) is 0 Å². The highest BCUT2D eigenvalue weighted by molar-refractivity contribution is 5.89. The Labute approximate surface area is 157 Å². The van der Waals surface area contributed by atoms with E-state index in [2.05, 4.69) is 20.8 Å². The lowest BCUT2D eigenvalue weighted by Gasteiger charge is -2.32. The van der Waals surface area contributed by atoms with Gasteiger partial charge in [0.1, 0.15) is 5.75 Å². The molecule has 1 aromatic carbocycles. The van der Waals surface area contributed by atoms with E-state index in [4.69, 9.17) is 9.47 Å². The van der Waals surface area contributed by atoms with Crippen molar-refractivity contribution in [2.45, 2.75) is 52.9 Å². The summed E-state index contributed by atoms with van der Waals surface area (Å²) in [6.45, 7) is 7.96. The van der Waals surface area contributed by atoms with Crippen LogP contribution in [0, 0.1) is 34.5 Å². The first-order valence-electron chi connectivity index (χ1n) is 10.1. The Bertz CT molecular complexity index is 677. The maximum atomic E-state index is 12.4. The van der Waals surface area contributed by atoms with Crippen LogP contribution in [0.3, 0.4) is 0 Å². The van der Waals surface area contributed by atoms with E-state index in [9.17, 15) is 4.79 Å². The van der Waals surface area contributed by atoms with Gasteiger partial charge in [0.25, 0.3) is 0 Å². The fourth-order valence-corrected chi connectivity index (χ4v) is 6.10. The molecule has 4 rings (SSSR count). The highest BCUT2D eigenvalue weighted by atomic mass is 16.5. The molecule has 5 atom stereocenters. The third-order valence-electron chi connectivity index (χ3n) is 7.62. The first-order chi connectivity index (χ1) is 12.3. The van der Waals surface area contributed by atoms with Crippen molar-refractivity contribution < 1.29 is 14.3 Å². The number of ether oxygens (including phenoxy) is 2. The zero-order chi connectivity index (χ0) is 18.5. The summed E-state index contributed by atoms with van der Waals surface area (Å²) in [6, 6.07) is 7.18. The molecule has 3 aliphatic carbocycles. The molecule has 3 fully saturated rings. The van der Waals surface area contributed by atoms with Crippen molar-refractivity contribution in [2.24, 2.45) is 34.5 Å². The number of fused-ring (bicyclic) bond motifs is 3. The predicted molar refractivity (Wildman–Crippen MR) is 102 cm³/mol. The molecule has 26 heavy (non-hydrogen) atoms. The highest BCUT2D eigenvalue weighted by Crippen LogP contribution is 2.70. The van der Waals surface area contributed by atoms with Crippen LogP contribution in [-0.4, -0.2) is 19.7 Å². The fourth-order valence-electron chi connectivity index (χ4n) is 6.10. The van der Waals surface area contributed by atoms with Crippen LogP contribution in [0.5, 0.6) is 5.75 Å². The van der Waals surface area contributed by atoms with Gasteiger partial charge in [0.15, 0.2) is 0 Å². The largest absolute Gasteiger partial charge is 0.497 e. The molecule has 3 nitrogen and oxygen atoms in total. The minimum absolute atomic E-state index is 0.209. The summed E-state index contributed by atoms with van der Waals surface area (Å²) in [5, 5.41) is 0. The first kappa shape index (κ1) is 17.9. The van der Waals surface area contributed by atoms with Crippen LogP contribution in [-0.2, 0) is 4.74 Å². The molecule has 3 heteroatoms. The van der Waals surface area contributed by atoms with Gasteiger partial charge in [-0.15, -0.1) is 0 Å². The van der Waals surface area contributed by atoms with Crippen molar-refractivity contribution in [1.29, 1.82) is 0 Å². The predicted octanol–water partition coefficient (Wildman–Crippen LogP) is 5.34. The van der Waals surface area contributed by atoms with E-state index in [1.165, 1.54) is 32.1 Å². The normalized spacial score (nSPS) is 37.2. The lowest BCUT2D eigenvalue weighted by molar-refractivity contribution is 0.0365. The number of esters is 1. The standard InChI is InChI=1S/C23H32O3/c1-22(2)11-17-12-23(17,3)20-10-7-16(19(20)13-22)14-26-21(24)15-5-8-18(25-4)9-6-15/h5-6,8-9,16-17,19-20H,7,10-14H2,1-4H3/t16-,17?,19+,20+,23+/m0/s1. The number of carbonyl (C=O) groups excluding carboxylic acids is 1. The number of benzene rings is 1. The third kappa shape index (κ3) is 3.14. The van der Waals surface area contributed by atoms with Gasteiger partial charge in [-0.2, -0.15) is 0 Å². The van der Waals surface area contributed by atoms with Gasteiger partial charge < -0.3 is 9.47 Å². The highest BCUT2D eigenvalue weighted by Gasteiger charge is 2.62. The summed E-state index contributed by atoms with van der Waals surface area (Å²) >= 11 is 0. The van der Waals surface area contributed by atoms with Crippen molar-refractivity contribution in [2.75, 3.05) is 13.7 Å². The zero-order valence-corrected chi connectivity index (χ0v) is 16.6. The van der Waals surface area contributed by atoms with Crippen molar-refractivity contribution in [1.82, 2.24) is 0 Å². The molecule has 142 valence electrons. The maximum absolute atomic E-state index is 12.4. The minimum Gasteiger partial charge on any atom is -0.497 e. The van der Waals surface area contributed by atoms with Gasteiger partial charge >= 0.3 is 5.97 Å². The number of carbonyl (C=O) groups is 1. The van der Waals surface area contributed by atoms with Crippen LogP contribution >= 0.6 is 0 Å². The van der Waals surface area contributed by atoms with Crippen LogP contribution < -0.4 is 4.74 Å². The molecule has 0 aliphatic heterocycles. The van der Waals surface area contributed by atoms with Crippen molar-refractivity contribution >= 4 is 5.97 Å². The summed E-state index contributed by atoms with van der Waals surface area (Å²) in [4.78, 5) is 12.4. The second-order valence-corrected chi connectivity index (χ2v) is 9.91. The number of methoxy groups -OCH3 is 1. The molecule has 0 saturated heterocycles. The molecule has 0 N–H and O–H groups in total. The second-order valence-electron chi connectivity index (χ2n) is 9.91. The zero-order valence-electron chi connectivity index (χ0n) is 16.6. The molecule has 0 radical (unpaired) electrons. The monoisotopic (exact) mass is 356 g/mol. The quantitative estimate of drug-likeness (QED) is 0.683. The van der Waals surface area contributed by atoms with Gasteiger partial charge in [-0.25, -0.2) is 4.79 Å². The summed E-state index contributed by atoms with van der Waals surface area (Å²) in [6.07, 6.45) is 6.60. The lowest BCUT2D eigenvalue weighted by Crippen LogP contribution is -2.27.